The van der Waals surface area contributed by atoms with Gasteiger partial charge >= 0.3 is 0 Å². The maximum absolute atomic E-state index is 8.29. The van der Waals surface area contributed by atoms with E-state index in [0.717, 1.165) is 12.0 Å². The van der Waals surface area contributed by atoms with E-state index in [1.165, 1.54) is 0 Å². The third kappa shape index (κ3) is 6.39. The van der Waals surface area contributed by atoms with Crippen LogP contribution in [0.4, 0.5) is 0 Å². The zero-order valence-corrected chi connectivity index (χ0v) is 9.72. The lowest BCUT2D eigenvalue weighted by molar-refractivity contribution is 1.16. The van der Waals surface area contributed by atoms with Gasteiger partial charge in [-0.1, -0.05) is 25.1 Å². The van der Waals surface area contributed by atoms with Gasteiger partial charge in [0.05, 0.1) is 11.6 Å². The molecule has 0 aliphatic heterocycles. The molecule has 0 aliphatic rings. The number of nitrogens with two attached hydrogens (primary N) is 1. The number of nitriles is 1. The van der Waals surface area contributed by atoms with Gasteiger partial charge in [0, 0.05) is 13.3 Å². The van der Waals surface area contributed by atoms with Crippen LogP contribution in [-0.2, 0) is 0 Å². The molecule has 0 saturated carbocycles. The smallest absolute Gasteiger partial charge is 0.0991 e. The molecule has 0 heterocycles. The van der Waals surface area contributed by atoms with Crippen molar-refractivity contribution in [3.63, 3.8) is 0 Å². The van der Waals surface area contributed by atoms with E-state index in [9.17, 15) is 0 Å². The lowest BCUT2D eigenvalue weighted by atomic mass is 10.2. The fourth-order valence-electron chi connectivity index (χ4n) is 0.931. The molecule has 1 aromatic carbocycles. The molecule has 0 atom stereocenters. The van der Waals surface area contributed by atoms with Crippen LogP contribution in [0.1, 0.15) is 18.9 Å². The summed E-state index contributed by atoms with van der Waals surface area (Å²) < 4.78 is 0. The van der Waals surface area contributed by atoms with Crippen molar-refractivity contribution in [2.45, 2.75) is 13.3 Å². The molecule has 84 valence electrons. The van der Waals surface area contributed by atoms with E-state index < -0.39 is 0 Å². The summed E-state index contributed by atoms with van der Waals surface area (Å²) in [6.07, 6.45) is 4.29. The van der Waals surface area contributed by atoms with Crippen molar-refractivity contribution in [3.05, 3.63) is 47.7 Å². The summed E-state index contributed by atoms with van der Waals surface area (Å²) in [6.45, 7) is 2.04. The third-order valence-electron chi connectivity index (χ3n) is 1.82. The molecular weight excluding hydrogens is 198 g/mol. The number of aliphatic imine (C=N–C) groups is 1. The van der Waals surface area contributed by atoms with Crippen LogP contribution in [0.25, 0.3) is 0 Å². The van der Waals surface area contributed by atoms with Gasteiger partial charge < -0.3 is 5.73 Å². The van der Waals surface area contributed by atoms with E-state index in [4.69, 9.17) is 11.0 Å². The van der Waals surface area contributed by atoms with Gasteiger partial charge in [0.25, 0.3) is 0 Å². The second-order valence-electron chi connectivity index (χ2n) is 2.96. The van der Waals surface area contributed by atoms with Crippen molar-refractivity contribution >= 4 is 6.21 Å². The normalized spacial score (nSPS) is 10.4. The van der Waals surface area contributed by atoms with Crippen molar-refractivity contribution in [3.8, 4) is 6.07 Å². The maximum atomic E-state index is 8.29. The van der Waals surface area contributed by atoms with E-state index in [1.807, 2.05) is 31.2 Å². The minimum absolute atomic E-state index is 0.715. The maximum Gasteiger partial charge on any atom is 0.0991 e. The highest BCUT2D eigenvalue weighted by Gasteiger charge is 1.81. The van der Waals surface area contributed by atoms with Crippen LogP contribution in [-0.4, -0.2) is 13.3 Å². The summed E-state index contributed by atoms with van der Waals surface area (Å²) in [5.41, 5.74) is 7.01. The fraction of sp³-hybridized carbons (Fsp3) is 0.231. The molecule has 0 saturated heterocycles. The van der Waals surface area contributed by atoms with Crippen LogP contribution in [0.15, 0.2) is 47.1 Å². The monoisotopic (exact) mass is 215 g/mol. The first kappa shape index (κ1) is 13.9. The molecule has 0 radical (unpaired) electrons. The zero-order chi connectivity index (χ0) is 12.2. The molecule has 3 heteroatoms. The Balaban J connectivity index is 0.000000281. The second kappa shape index (κ2) is 9.47. The minimum atomic E-state index is 0.715. The predicted octanol–water partition coefficient (Wildman–Crippen LogP) is 2.50. The molecule has 0 fully saturated rings. The molecule has 0 spiro atoms. The average Bonchev–Trinajstić information content (AvgIpc) is 2.37. The SMILES string of the molecule is CC/C(C=NC)=C/N.N#Cc1ccccc1. The van der Waals surface area contributed by atoms with Crippen molar-refractivity contribution < 1.29 is 0 Å². The van der Waals surface area contributed by atoms with Crippen molar-refractivity contribution in [1.29, 1.82) is 5.26 Å². The van der Waals surface area contributed by atoms with Crippen LogP contribution < -0.4 is 5.73 Å². The molecule has 0 unspecified atom stereocenters. The first-order valence-corrected chi connectivity index (χ1v) is 5.06. The minimum Gasteiger partial charge on any atom is -0.404 e. The van der Waals surface area contributed by atoms with Gasteiger partial charge in [-0.05, 0) is 30.3 Å². The van der Waals surface area contributed by atoms with Crippen LogP contribution in [0.5, 0.6) is 0 Å². The Hall–Kier alpha value is -2.08. The molecule has 0 aliphatic carbocycles. The lowest BCUT2D eigenvalue weighted by Crippen LogP contribution is -1.88. The average molecular weight is 215 g/mol. The molecule has 0 amide bonds. The van der Waals surface area contributed by atoms with Gasteiger partial charge in [0.2, 0.25) is 0 Å². The summed E-state index contributed by atoms with van der Waals surface area (Å²) in [7, 11) is 1.74. The number of allylic oxidation sites excluding steroid dienone is 1. The van der Waals surface area contributed by atoms with Crippen LogP contribution in [0, 0.1) is 11.3 Å². The quantitative estimate of drug-likeness (QED) is 0.770. The highest BCUT2D eigenvalue weighted by Crippen LogP contribution is 1.93. The Labute approximate surface area is 96.9 Å². The van der Waals surface area contributed by atoms with Gasteiger partial charge in [-0.2, -0.15) is 5.26 Å². The summed E-state index contributed by atoms with van der Waals surface area (Å²) in [5, 5.41) is 8.29. The molecule has 2 N–H and O–H groups in total. The van der Waals surface area contributed by atoms with Gasteiger partial charge in [-0.3, -0.25) is 4.99 Å². The first-order valence-electron chi connectivity index (χ1n) is 5.06. The Bertz CT molecular complexity index is 369. The van der Waals surface area contributed by atoms with Crippen LogP contribution in [0.3, 0.4) is 0 Å². The van der Waals surface area contributed by atoms with Crippen LogP contribution >= 0.6 is 0 Å². The Morgan fingerprint density at radius 1 is 1.44 bits per heavy atom. The summed E-state index contributed by atoms with van der Waals surface area (Å²) in [6, 6.07) is 11.2. The number of hydrogen-bond acceptors (Lipinski definition) is 3. The molecular formula is C13H17N3. The van der Waals surface area contributed by atoms with Crippen molar-refractivity contribution in [2.75, 3.05) is 7.05 Å². The Morgan fingerprint density at radius 2 is 2.06 bits per heavy atom. The Kier molecular flexibility index (Phi) is 8.24. The van der Waals surface area contributed by atoms with E-state index in [-0.39, 0.29) is 0 Å². The predicted molar refractivity (Wildman–Crippen MR) is 68.1 cm³/mol. The van der Waals surface area contributed by atoms with Crippen LogP contribution in [0.2, 0.25) is 0 Å². The molecule has 0 aromatic heterocycles. The summed E-state index contributed by atoms with van der Waals surface area (Å²) in [5.74, 6) is 0. The number of benzene rings is 1. The van der Waals surface area contributed by atoms with Gasteiger partial charge in [-0.15, -0.1) is 0 Å². The summed E-state index contributed by atoms with van der Waals surface area (Å²) >= 11 is 0. The molecule has 1 aromatic rings. The van der Waals surface area contributed by atoms with Gasteiger partial charge in [0.15, 0.2) is 0 Å². The first-order chi connectivity index (χ1) is 7.78. The van der Waals surface area contributed by atoms with E-state index in [2.05, 4.69) is 4.99 Å². The number of rotatable bonds is 2. The molecule has 16 heavy (non-hydrogen) atoms. The van der Waals surface area contributed by atoms with Crippen molar-refractivity contribution in [2.24, 2.45) is 10.7 Å². The van der Waals surface area contributed by atoms with Gasteiger partial charge in [-0.25, -0.2) is 0 Å². The largest absolute Gasteiger partial charge is 0.404 e. The molecule has 1 rings (SSSR count). The zero-order valence-electron chi connectivity index (χ0n) is 9.72. The topological polar surface area (TPSA) is 62.2 Å². The second-order valence-corrected chi connectivity index (χ2v) is 2.96. The third-order valence-corrected chi connectivity index (χ3v) is 1.82. The highest BCUT2D eigenvalue weighted by atomic mass is 14.6. The van der Waals surface area contributed by atoms with E-state index >= 15 is 0 Å². The van der Waals surface area contributed by atoms with E-state index in [1.54, 1.807) is 31.6 Å². The standard InChI is InChI=1S/C7H5N.C6H12N2/c8-6-7-4-2-1-3-5-7;1-3-6(4-7)5-8-2/h1-5H;4-5H,3,7H2,1-2H3/b;6-4-,8-5?. The van der Waals surface area contributed by atoms with Crippen molar-refractivity contribution in [1.82, 2.24) is 0 Å². The number of nitrogens with zero attached hydrogens (tertiary/aromatic N) is 2. The van der Waals surface area contributed by atoms with E-state index in [0.29, 0.717) is 5.56 Å². The van der Waals surface area contributed by atoms with Gasteiger partial charge in [0.1, 0.15) is 0 Å². The Morgan fingerprint density at radius 3 is 2.31 bits per heavy atom. The summed E-state index contributed by atoms with van der Waals surface area (Å²) in [4.78, 5) is 3.80. The number of hydrogen-bond donors (Lipinski definition) is 1. The highest BCUT2D eigenvalue weighted by molar-refractivity contribution is 5.77. The molecule has 0 bridgehead atoms. The molecule has 3 nitrogen and oxygen atoms in total. The lowest BCUT2D eigenvalue weighted by Gasteiger charge is -1.88. The fourth-order valence-corrected chi connectivity index (χ4v) is 0.931.